The Balaban J connectivity index is 1.88. The molecule has 0 spiro atoms. The molecular formula is C17H27N4O2Si. The summed E-state index contributed by atoms with van der Waals surface area (Å²) in [5.41, 5.74) is 2.17. The quantitative estimate of drug-likeness (QED) is 0.594. The molecule has 2 aromatic rings. The first-order valence-electron chi connectivity index (χ1n) is 8.60. The number of hydrogen-bond donors (Lipinski definition) is 0. The van der Waals surface area contributed by atoms with Crippen molar-refractivity contribution >= 4 is 25.6 Å². The third-order valence-electron chi connectivity index (χ3n) is 4.29. The van der Waals surface area contributed by atoms with Crippen LogP contribution < -0.4 is 4.90 Å². The molecule has 1 aliphatic rings. The first-order chi connectivity index (χ1) is 11.6. The minimum Gasteiger partial charge on any atom is -0.378 e. The molecule has 0 N–H and O–H groups in total. The van der Waals surface area contributed by atoms with Crippen molar-refractivity contribution in [1.82, 2.24) is 14.5 Å². The van der Waals surface area contributed by atoms with Gasteiger partial charge < -0.3 is 18.9 Å². The SMILES string of the molecule is Cc1nc(N2CCOCC2)c2c(C)cn(COCC[Si](C)C)c2n1. The van der Waals surface area contributed by atoms with E-state index < -0.39 is 0 Å². The lowest BCUT2D eigenvalue weighted by atomic mass is 10.2. The van der Waals surface area contributed by atoms with Crippen molar-refractivity contribution in [1.29, 1.82) is 0 Å². The van der Waals surface area contributed by atoms with Crippen LogP contribution in [0.25, 0.3) is 11.0 Å². The van der Waals surface area contributed by atoms with Crippen LogP contribution in [0.15, 0.2) is 6.20 Å². The summed E-state index contributed by atoms with van der Waals surface area (Å²) in [4.78, 5) is 11.7. The Morgan fingerprint density at radius 2 is 1.96 bits per heavy atom. The van der Waals surface area contributed by atoms with Gasteiger partial charge in [0, 0.05) is 34.7 Å². The molecule has 0 aromatic carbocycles. The van der Waals surface area contributed by atoms with Gasteiger partial charge in [-0.05, 0) is 25.5 Å². The van der Waals surface area contributed by atoms with Crippen LogP contribution in [-0.4, -0.2) is 56.2 Å². The molecule has 7 heteroatoms. The van der Waals surface area contributed by atoms with Crippen LogP contribution >= 0.6 is 0 Å². The van der Waals surface area contributed by atoms with Gasteiger partial charge in [0.25, 0.3) is 0 Å². The number of morpholine rings is 1. The summed E-state index contributed by atoms with van der Waals surface area (Å²) in [6.45, 7) is 13.4. The molecule has 0 amide bonds. The minimum atomic E-state index is -0.231. The largest absolute Gasteiger partial charge is 0.378 e. The molecule has 0 aliphatic carbocycles. The maximum Gasteiger partial charge on any atom is 0.147 e. The molecule has 1 radical (unpaired) electrons. The third-order valence-corrected chi connectivity index (χ3v) is 5.49. The number of aromatic nitrogens is 3. The second-order valence-corrected chi connectivity index (χ2v) is 9.58. The fourth-order valence-electron chi connectivity index (χ4n) is 3.00. The Morgan fingerprint density at radius 1 is 1.21 bits per heavy atom. The van der Waals surface area contributed by atoms with E-state index in [0.29, 0.717) is 6.73 Å². The highest BCUT2D eigenvalue weighted by molar-refractivity contribution is 6.55. The summed E-state index contributed by atoms with van der Waals surface area (Å²) in [6.07, 6.45) is 2.13. The molecule has 0 saturated carbocycles. The van der Waals surface area contributed by atoms with Crippen molar-refractivity contribution < 1.29 is 9.47 Å². The van der Waals surface area contributed by atoms with E-state index in [-0.39, 0.29) is 8.80 Å². The smallest absolute Gasteiger partial charge is 0.147 e. The van der Waals surface area contributed by atoms with Gasteiger partial charge in [0.2, 0.25) is 0 Å². The van der Waals surface area contributed by atoms with Gasteiger partial charge in [-0.3, -0.25) is 0 Å². The molecule has 6 nitrogen and oxygen atoms in total. The Kier molecular flexibility index (Phi) is 5.52. The normalized spacial score (nSPS) is 15.6. The zero-order valence-corrected chi connectivity index (χ0v) is 16.1. The van der Waals surface area contributed by atoms with Gasteiger partial charge in [0.15, 0.2) is 0 Å². The zero-order valence-electron chi connectivity index (χ0n) is 15.1. The standard InChI is InChI=1S/C17H27N4O2Si/c1-13-11-21(12-23-9-10-24(3)4)17-15(13)16(18-14(2)19-17)20-5-7-22-8-6-20/h11H,5-10,12H2,1-4H3. The molecule has 2 aromatic heterocycles. The number of anilines is 1. The minimum absolute atomic E-state index is 0.231. The predicted octanol–water partition coefficient (Wildman–Crippen LogP) is 2.61. The van der Waals surface area contributed by atoms with Gasteiger partial charge in [-0.15, -0.1) is 0 Å². The van der Waals surface area contributed by atoms with E-state index >= 15 is 0 Å². The van der Waals surface area contributed by atoms with Crippen LogP contribution in [0, 0.1) is 13.8 Å². The van der Waals surface area contributed by atoms with Crippen LogP contribution in [0.4, 0.5) is 5.82 Å². The van der Waals surface area contributed by atoms with E-state index in [1.165, 1.54) is 11.6 Å². The van der Waals surface area contributed by atoms with Gasteiger partial charge in [-0.1, -0.05) is 13.1 Å². The lowest BCUT2D eigenvalue weighted by Crippen LogP contribution is -2.37. The highest BCUT2D eigenvalue weighted by atomic mass is 28.3. The number of hydrogen-bond acceptors (Lipinski definition) is 5. The maximum atomic E-state index is 5.87. The summed E-state index contributed by atoms with van der Waals surface area (Å²) in [5.74, 6) is 1.83. The first-order valence-corrected chi connectivity index (χ1v) is 11.3. The van der Waals surface area contributed by atoms with Gasteiger partial charge >= 0.3 is 0 Å². The average molecular weight is 348 g/mol. The van der Waals surface area contributed by atoms with E-state index in [1.54, 1.807) is 0 Å². The fraction of sp³-hybridized carbons (Fsp3) is 0.647. The summed E-state index contributed by atoms with van der Waals surface area (Å²) >= 11 is 0. The van der Waals surface area contributed by atoms with Crippen LogP contribution in [-0.2, 0) is 16.2 Å². The van der Waals surface area contributed by atoms with Crippen LogP contribution in [0.2, 0.25) is 19.1 Å². The van der Waals surface area contributed by atoms with Gasteiger partial charge in [0.1, 0.15) is 24.0 Å². The number of aryl methyl sites for hydroxylation is 2. The lowest BCUT2D eigenvalue weighted by Gasteiger charge is -2.28. The number of fused-ring (bicyclic) bond motifs is 1. The lowest BCUT2D eigenvalue weighted by molar-refractivity contribution is 0.0901. The molecular weight excluding hydrogens is 320 g/mol. The van der Waals surface area contributed by atoms with Crippen molar-refractivity contribution in [2.45, 2.75) is 39.7 Å². The van der Waals surface area contributed by atoms with E-state index in [9.17, 15) is 0 Å². The molecule has 24 heavy (non-hydrogen) atoms. The van der Waals surface area contributed by atoms with Crippen LogP contribution in [0.1, 0.15) is 11.4 Å². The van der Waals surface area contributed by atoms with Gasteiger partial charge in [0.05, 0.1) is 18.6 Å². The first kappa shape index (κ1) is 17.4. The topological polar surface area (TPSA) is 52.4 Å². The number of rotatable bonds is 6. The highest BCUT2D eigenvalue weighted by Crippen LogP contribution is 2.29. The summed E-state index contributed by atoms with van der Waals surface area (Å²) in [5, 5.41) is 1.14. The molecule has 131 valence electrons. The maximum absolute atomic E-state index is 5.87. The Morgan fingerprint density at radius 3 is 2.67 bits per heavy atom. The molecule has 1 fully saturated rings. The third kappa shape index (κ3) is 3.79. The van der Waals surface area contributed by atoms with E-state index in [2.05, 4.69) is 40.7 Å². The van der Waals surface area contributed by atoms with Crippen molar-refractivity contribution in [2.24, 2.45) is 0 Å². The monoisotopic (exact) mass is 347 g/mol. The molecule has 0 unspecified atom stereocenters. The molecule has 3 heterocycles. The van der Waals surface area contributed by atoms with Crippen molar-refractivity contribution in [3.05, 3.63) is 17.6 Å². The number of ether oxygens (including phenoxy) is 2. The van der Waals surface area contributed by atoms with Crippen LogP contribution in [0.5, 0.6) is 0 Å². The summed E-state index contributed by atoms with van der Waals surface area (Å²) in [7, 11) is -0.231. The number of nitrogens with zero attached hydrogens (tertiary/aromatic N) is 4. The van der Waals surface area contributed by atoms with E-state index in [4.69, 9.17) is 14.5 Å². The summed E-state index contributed by atoms with van der Waals surface area (Å²) < 4.78 is 13.5. The Labute approximate surface area is 145 Å². The molecule has 3 rings (SSSR count). The summed E-state index contributed by atoms with van der Waals surface area (Å²) in [6, 6.07) is 1.18. The zero-order chi connectivity index (χ0) is 17.1. The second kappa shape index (κ2) is 7.63. The Hall–Kier alpha value is -1.44. The van der Waals surface area contributed by atoms with Gasteiger partial charge in [-0.25, -0.2) is 9.97 Å². The van der Waals surface area contributed by atoms with Crippen LogP contribution in [0.3, 0.4) is 0 Å². The molecule has 0 bridgehead atoms. The Bertz CT molecular complexity index is 695. The van der Waals surface area contributed by atoms with Crippen molar-refractivity contribution in [2.75, 3.05) is 37.8 Å². The van der Waals surface area contributed by atoms with Crippen molar-refractivity contribution in [3.8, 4) is 0 Å². The van der Waals surface area contributed by atoms with Crippen molar-refractivity contribution in [3.63, 3.8) is 0 Å². The molecule has 1 saturated heterocycles. The van der Waals surface area contributed by atoms with E-state index in [0.717, 1.165) is 55.6 Å². The molecule has 0 atom stereocenters. The predicted molar refractivity (Wildman–Crippen MR) is 98.3 cm³/mol. The van der Waals surface area contributed by atoms with Gasteiger partial charge in [-0.2, -0.15) is 0 Å². The fourth-order valence-corrected chi connectivity index (χ4v) is 3.56. The second-order valence-electron chi connectivity index (χ2n) is 6.67. The highest BCUT2D eigenvalue weighted by Gasteiger charge is 2.20. The molecule has 1 aliphatic heterocycles. The van der Waals surface area contributed by atoms with E-state index in [1.807, 2.05) is 6.92 Å². The average Bonchev–Trinajstić information content (AvgIpc) is 2.87.